The fourth-order valence-electron chi connectivity index (χ4n) is 1.58. The molecule has 0 saturated heterocycles. The molecular weight excluding hydrogens is 202 g/mol. The lowest BCUT2D eigenvalue weighted by molar-refractivity contribution is -0.131. The van der Waals surface area contributed by atoms with Gasteiger partial charge in [0, 0.05) is 19.5 Å². The Bertz CT molecular complexity index is 223. The van der Waals surface area contributed by atoms with Crippen molar-refractivity contribution in [1.82, 2.24) is 4.90 Å². The zero-order valence-electron chi connectivity index (χ0n) is 10.2. The first-order valence-electron chi connectivity index (χ1n) is 6.11. The Morgan fingerprint density at radius 3 is 2.56 bits per heavy atom. The van der Waals surface area contributed by atoms with Crippen molar-refractivity contribution in [2.24, 2.45) is 5.73 Å². The maximum absolute atomic E-state index is 11.7. The summed E-state index contributed by atoms with van der Waals surface area (Å²) in [5.41, 5.74) is 5.39. The van der Waals surface area contributed by atoms with Crippen LogP contribution in [-0.2, 0) is 4.79 Å². The average molecular weight is 225 g/mol. The van der Waals surface area contributed by atoms with Crippen molar-refractivity contribution in [2.45, 2.75) is 45.4 Å². The van der Waals surface area contributed by atoms with Gasteiger partial charge in [-0.25, -0.2) is 0 Å². The van der Waals surface area contributed by atoms with Gasteiger partial charge in [-0.05, 0) is 26.3 Å². The predicted octanol–water partition coefficient (Wildman–Crippen LogP) is 1.66. The Morgan fingerprint density at radius 1 is 1.31 bits per heavy atom. The number of nitrogens with two attached hydrogens (primary N) is 1. The number of amides is 1. The minimum atomic E-state index is 0.172. The van der Waals surface area contributed by atoms with Crippen molar-refractivity contribution < 1.29 is 4.79 Å². The number of hydrogen-bond acceptors (Lipinski definition) is 3. The third kappa shape index (κ3) is 7.24. The van der Waals surface area contributed by atoms with Gasteiger partial charge in [0.25, 0.3) is 0 Å². The van der Waals surface area contributed by atoms with Crippen LogP contribution in [0.3, 0.4) is 0 Å². The SMILES string of the molecule is CCN(CCC#N)C(=O)CCCCCCN. The molecule has 0 aliphatic rings. The summed E-state index contributed by atoms with van der Waals surface area (Å²) in [5, 5.41) is 8.47. The van der Waals surface area contributed by atoms with Gasteiger partial charge in [-0.2, -0.15) is 5.26 Å². The maximum Gasteiger partial charge on any atom is 0.222 e. The van der Waals surface area contributed by atoms with Crippen molar-refractivity contribution in [2.75, 3.05) is 19.6 Å². The molecule has 0 saturated carbocycles. The van der Waals surface area contributed by atoms with Crippen LogP contribution in [0.25, 0.3) is 0 Å². The molecule has 0 aromatic carbocycles. The standard InChI is InChI=1S/C12H23N3O/c1-2-15(11-7-10-14)12(16)8-5-3-4-6-9-13/h2-9,11,13H2,1H3. The van der Waals surface area contributed by atoms with Crippen LogP contribution in [0.15, 0.2) is 0 Å². The largest absolute Gasteiger partial charge is 0.342 e. The average Bonchev–Trinajstić information content (AvgIpc) is 2.30. The topological polar surface area (TPSA) is 70.1 Å². The zero-order chi connectivity index (χ0) is 12.2. The molecule has 0 bridgehead atoms. The molecule has 0 fully saturated rings. The minimum Gasteiger partial charge on any atom is -0.342 e. The molecule has 0 radical (unpaired) electrons. The second-order valence-corrected chi connectivity index (χ2v) is 3.83. The molecule has 16 heavy (non-hydrogen) atoms. The molecule has 4 heteroatoms. The van der Waals surface area contributed by atoms with Crippen molar-refractivity contribution in [3.63, 3.8) is 0 Å². The molecule has 0 aliphatic carbocycles. The van der Waals surface area contributed by atoms with Crippen LogP contribution >= 0.6 is 0 Å². The van der Waals surface area contributed by atoms with Gasteiger partial charge < -0.3 is 10.6 Å². The molecule has 1 amide bonds. The van der Waals surface area contributed by atoms with Crippen LogP contribution < -0.4 is 5.73 Å². The highest BCUT2D eigenvalue weighted by Crippen LogP contribution is 2.05. The summed E-state index contributed by atoms with van der Waals surface area (Å²) >= 11 is 0. The lowest BCUT2D eigenvalue weighted by Gasteiger charge is -2.19. The highest BCUT2D eigenvalue weighted by atomic mass is 16.2. The van der Waals surface area contributed by atoms with Crippen molar-refractivity contribution in [1.29, 1.82) is 5.26 Å². The van der Waals surface area contributed by atoms with E-state index in [4.69, 9.17) is 11.0 Å². The number of hydrogen-bond donors (Lipinski definition) is 1. The summed E-state index contributed by atoms with van der Waals surface area (Å²) < 4.78 is 0. The second-order valence-electron chi connectivity index (χ2n) is 3.83. The molecule has 0 heterocycles. The van der Waals surface area contributed by atoms with Crippen LogP contribution in [0.1, 0.15) is 45.4 Å². The van der Waals surface area contributed by atoms with Gasteiger partial charge in [0.15, 0.2) is 0 Å². The minimum absolute atomic E-state index is 0.172. The molecule has 0 spiro atoms. The Morgan fingerprint density at radius 2 is 2.00 bits per heavy atom. The molecule has 2 N–H and O–H groups in total. The lowest BCUT2D eigenvalue weighted by Crippen LogP contribution is -2.31. The second kappa shape index (κ2) is 10.4. The summed E-state index contributed by atoms with van der Waals surface area (Å²) in [4.78, 5) is 13.5. The van der Waals surface area contributed by atoms with Crippen LogP contribution in [0.5, 0.6) is 0 Å². The molecule has 0 unspecified atom stereocenters. The van der Waals surface area contributed by atoms with E-state index in [1.54, 1.807) is 4.90 Å². The summed E-state index contributed by atoms with van der Waals surface area (Å²) in [6.45, 7) is 3.94. The third-order valence-electron chi connectivity index (χ3n) is 2.57. The lowest BCUT2D eigenvalue weighted by atomic mass is 10.1. The number of unbranched alkanes of at least 4 members (excludes halogenated alkanes) is 3. The molecule has 0 aliphatic heterocycles. The fraction of sp³-hybridized carbons (Fsp3) is 0.833. The van der Waals surface area contributed by atoms with Gasteiger partial charge >= 0.3 is 0 Å². The van der Waals surface area contributed by atoms with Crippen LogP contribution in [0.4, 0.5) is 0 Å². The molecule has 0 atom stereocenters. The van der Waals surface area contributed by atoms with E-state index < -0.39 is 0 Å². The van der Waals surface area contributed by atoms with E-state index in [1.165, 1.54) is 0 Å². The first kappa shape index (κ1) is 14.9. The monoisotopic (exact) mass is 225 g/mol. The zero-order valence-corrected chi connectivity index (χ0v) is 10.2. The smallest absolute Gasteiger partial charge is 0.222 e. The van der Waals surface area contributed by atoms with Crippen LogP contribution in [-0.4, -0.2) is 30.4 Å². The molecule has 0 aromatic heterocycles. The van der Waals surface area contributed by atoms with E-state index in [-0.39, 0.29) is 5.91 Å². The van der Waals surface area contributed by atoms with Crippen LogP contribution in [0, 0.1) is 11.3 Å². The summed E-state index contributed by atoms with van der Waals surface area (Å²) in [6, 6.07) is 2.06. The summed E-state index contributed by atoms with van der Waals surface area (Å²) in [6.07, 6.45) is 5.17. The Labute approximate surface area is 98.4 Å². The van der Waals surface area contributed by atoms with E-state index in [1.807, 2.05) is 6.92 Å². The van der Waals surface area contributed by atoms with Crippen molar-refractivity contribution >= 4 is 5.91 Å². The number of carbonyl (C=O) groups excluding carboxylic acids is 1. The Hall–Kier alpha value is -1.08. The van der Waals surface area contributed by atoms with Gasteiger partial charge in [-0.15, -0.1) is 0 Å². The predicted molar refractivity (Wildman–Crippen MR) is 64.6 cm³/mol. The first-order chi connectivity index (χ1) is 7.76. The van der Waals surface area contributed by atoms with E-state index in [0.717, 1.165) is 32.2 Å². The number of nitrogens with zero attached hydrogens (tertiary/aromatic N) is 2. The molecule has 0 rings (SSSR count). The summed E-state index contributed by atoms with van der Waals surface area (Å²) in [7, 11) is 0. The molecule has 92 valence electrons. The first-order valence-corrected chi connectivity index (χ1v) is 6.11. The molecular formula is C12H23N3O. The van der Waals surface area contributed by atoms with Gasteiger partial charge in [0.05, 0.1) is 12.5 Å². The quantitative estimate of drug-likeness (QED) is 0.607. The van der Waals surface area contributed by atoms with Crippen LogP contribution in [0.2, 0.25) is 0 Å². The van der Waals surface area contributed by atoms with Gasteiger partial charge in [0.2, 0.25) is 5.91 Å². The maximum atomic E-state index is 11.7. The van der Waals surface area contributed by atoms with E-state index in [9.17, 15) is 4.79 Å². The number of nitriles is 1. The fourth-order valence-corrected chi connectivity index (χ4v) is 1.58. The highest BCUT2D eigenvalue weighted by molar-refractivity contribution is 5.76. The molecule has 0 aromatic rings. The Balaban J connectivity index is 3.63. The van der Waals surface area contributed by atoms with Crippen molar-refractivity contribution in [3.05, 3.63) is 0 Å². The van der Waals surface area contributed by atoms with Gasteiger partial charge in [-0.3, -0.25) is 4.79 Å². The van der Waals surface area contributed by atoms with Gasteiger partial charge in [0.1, 0.15) is 0 Å². The number of rotatable bonds is 9. The number of carbonyl (C=O) groups is 1. The van der Waals surface area contributed by atoms with E-state index in [0.29, 0.717) is 25.9 Å². The Kier molecular flexibility index (Phi) is 9.73. The van der Waals surface area contributed by atoms with Crippen molar-refractivity contribution in [3.8, 4) is 6.07 Å². The van der Waals surface area contributed by atoms with E-state index in [2.05, 4.69) is 6.07 Å². The third-order valence-corrected chi connectivity index (χ3v) is 2.57. The normalized spacial score (nSPS) is 9.81. The summed E-state index contributed by atoms with van der Waals surface area (Å²) in [5.74, 6) is 0.172. The molecule has 4 nitrogen and oxygen atoms in total. The van der Waals surface area contributed by atoms with E-state index >= 15 is 0 Å². The van der Waals surface area contributed by atoms with Gasteiger partial charge in [-0.1, -0.05) is 12.8 Å². The highest BCUT2D eigenvalue weighted by Gasteiger charge is 2.09.